The van der Waals surface area contributed by atoms with Crippen LogP contribution in [0.1, 0.15) is 11.1 Å². The molecule has 3 amide bonds. The zero-order chi connectivity index (χ0) is 25.8. The monoisotopic (exact) mass is 641 g/mol. The van der Waals surface area contributed by atoms with Crippen LogP contribution in [-0.4, -0.2) is 21.3 Å². The van der Waals surface area contributed by atoms with Gasteiger partial charge in [0.05, 0.1) is 15.0 Å². The maximum Gasteiger partial charge on any atom is 0.338 e. The summed E-state index contributed by atoms with van der Waals surface area (Å²) in [6, 6.07) is 16.8. The first-order valence-corrected chi connectivity index (χ1v) is 13.3. The molecule has 3 aromatic carbocycles. The quantitative estimate of drug-likeness (QED) is 0.211. The molecule has 1 saturated heterocycles. The standard InChI is InChI=1S/C24H15BrCl3N3O3S2/c25-15-5-8-20(34-12-13-3-1-2-4-17(13)26)14(9-15)10-21-22(32)31(24(35)36-21)30-23(33)29-16-6-7-18(27)19(28)11-16/h1-11H,12H2,(H2,29,30,33)/b21-10+. The van der Waals surface area contributed by atoms with Crippen molar-refractivity contribution in [1.82, 2.24) is 10.4 Å². The minimum atomic E-state index is -0.669. The molecule has 0 unspecified atom stereocenters. The average molecular weight is 644 g/mol. The largest absolute Gasteiger partial charge is 0.488 e. The van der Waals surface area contributed by atoms with Gasteiger partial charge in [-0.25, -0.2) is 10.2 Å². The van der Waals surface area contributed by atoms with E-state index in [0.29, 0.717) is 32.0 Å². The van der Waals surface area contributed by atoms with E-state index in [1.165, 1.54) is 6.07 Å². The van der Waals surface area contributed by atoms with Crippen molar-refractivity contribution < 1.29 is 14.3 Å². The lowest BCUT2D eigenvalue weighted by molar-refractivity contribution is -0.123. The molecule has 184 valence electrons. The molecule has 1 heterocycles. The van der Waals surface area contributed by atoms with Gasteiger partial charge in [-0.1, -0.05) is 80.7 Å². The summed E-state index contributed by atoms with van der Waals surface area (Å²) in [5, 5.41) is 4.82. The van der Waals surface area contributed by atoms with Gasteiger partial charge in [-0.15, -0.1) is 0 Å². The molecule has 0 spiro atoms. The van der Waals surface area contributed by atoms with Crippen molar-refractivity contribution in [3.8, 4) is 5.75 Å². The predicted molar refractivity (Wildman–Crippen MR) is 154 cm³/mol. The Balaban J connectivity index is 1.48. The van der Waals surface area contributed by atoms with Crippen LogP contribution in [0, 0.1) is 0 Å². The van der Waals surface area contributed by atoms with E-state index in [1.807, 2.05) is 30.3 Å². The SMILES string of the molecule is O=C(Nc1ccc(Cl)c(Cl)c1)NN1C(=O)/C(=C\c2cc(Br)ccc2OCc2ccccc2Cl)SC1=S. The predicted octanol–water partition coefficient (Wildman–Crippen LogP) is 7.93. The third kappa shape index (κ3) is 6.53. The minimum absolute atomic E-state index is 0.170. The Bertz CT molecular complexity index is 1400. The van der Waals surface area contributed by atoms with Crippen LogP contribution in [0.25, 0.3) is 6.08 Å². The number of thiocarbonyl (C=S) groups is 1. The Morgan fingerprint density at radius 1 is 1.06 bits per heavy atom. The second-order valence-corrected chi connectivity index (χ2v) is 11.1. The normalized spacial score (nSPS) is 14.3. The highest BCUT2D eigenvalue weighted by molar-refractivity contribution is 9.10. The number of nitrogens with zero attached hydrogens (tertiary/aromatic N) is 1. The lowest BCUT2D eigenvalue weighted by atomic mass is 10.1. The summed E-state index contributed by atoms with van der Waals surface area (Å²) in [4.78, 5) is 25.8. The number of hydrogen-bond donors (Lipinski definition) is 2. The molecule has 1 fully saturated rings. The molecule has 4 rings (SSSR count). The molecule has 0 saturated carbocycles. The third-order valence-electron chi connectivity index (χ3n) is 4.78. The highest BCUT2D eigenvalue weighted by atomic mass is 79.9. The smallest absolute Gasteiger partial charge is 0.338 e. The number of hydrogen-bond acceptors (Lipinski definition) is 5. The molecule has 36 heavy (non-hydrogen) atoms. The molecule has 0 radical (unpaired) electrons. The molecule has 2 N–H and O–H groups in total. The lowest BCUT2D eigenvalue weighted by Crippen LogP contribution is -2.46. The fourth-order valence-corrected chi connectivity index (χ4v) is 5.11. The van der Waals surface area contributed by atoms with E-state index >= 15 is 0 Å². The van der Waals surface area contributed by atoms with Gasteiger partial charge >= 0.3 is 6.03 Å². The summed E-state index contributed by atoms with van der Waals surface area (Å²) in [5.41, 5.74) is 4.34. The van der Waals surface area contributed by atoms with Gasteiger partial charge in [0, 0.05) is 26.3 Å². The fourth-order valence-electron chi connectivity index (χ4n) is 3.07. The number of thioether (sulfide) groups is 1. The molecular formula is C24H15BrCl3N3O3S2. The highest BCUT2D eigenvalue weighted by Crippen LogP contribution is 2.35. The number of anilines is 1. The first-order chi connectivity index (χ1) is 17.2. The van der Waals surface area contributed by atoms with Gasteiger partial charge in [-0.3, -0.25) is 4.79 Å². The molecule has 0 aliphatic carbocycles. The van der Waals surface area contributed by atoms with E-state index < -0.39 is 11.9 Å². The van der Waals surface area contributed by atoms with Gasteiger partial charge in [0.25, 0.3) is 5.91 Å². The summed E-state index contributed by atoms with van der Waals surface area (Å²) < 4.78 is 6.96. The molecule has 1 aliphatic rings. The van der Waals surface area contributed by atoms with Crippen molar-refractivity contribution in [2.45, 2.75) is 6.61 Å². The van der Waals surface area contributed by atoms with Gasteiger partial charge in [0.2, 0.25) is 0 Å². The van der Waals surface area contributed by atoms with Crippen molar-refractivity contribution in [1.29, 1.82) is 0 Å². The first-order valence-electron chi connectivity index (χ1n) is 10.2. The number of urea groups is 1. The van der Waals surface area contributed by atoms with Crippen LogP contribution in [0.5, 0.6) is 5.75 Å². The van der Waals surface area contributed by atoms with Crippen LogP contribution >= 0.6 is 74.7 Å². The molecule has 1 aliphatic heterocycles. The molecule has 6 nitrogen and oxygen atoms in total. The maximum absolute atomic E-state index is 13.0. The van der Waals surface area contributed by atoms with Crippen molar-refractivity contribution >= 4 is 103 Å². The Morgan fingerprint density at radius 3 is 2.58 bits per heavy atom. The number of ether oxygens (including phenoxy) is 1. The molecule has 0 atom stereocenters. The van der Waals surface area contributed by atoms with Crippen LogP contribution < -0.4 is 15.5 Å². The van der Waals surface area contributed by atoms with E-state index in [-0.39, 0.29) is 16.0 Å². The van der Waals surface area contributed by atoms with Gasteiger partial charge in [0.1, 0.15) is 12.4 Å². The lowest BCUT2D eigenvalue weighted by Gasteiger charge is -2.16. The molecule has 12 heteroatoms. The number of halogens is 4. The molecular weight excluding hydrogens is 629 g/mol. The van der Waals surface area contributed by atoms with Gasteiger partial charge in [0.15, 0.2) is 4.32 Å². The van der Waals surface area contributed by atoms with Gasteiger partial charge < -0.3 is 10.1 Å². The van der Waals surface area contributed by atoms with Crippen LogP contribution in [-0.2, 0) is 11.4 Å². The summed E-state index contributed by atoms with van der Waals surface area (Å²) in [6.45, 7) is 0.250. The maximum atomic E-state index is 13.0. The summed E-state index contributed by atoms with van der Waals surface area (Å²) in [6.07, 6.45) is 1.66. The number of amides is 3. The van der Waals surface area contributed by atoms with Crippen molar-refractivity contribution in [2.24, 2.45) is 0 Å². The summed E-state index contributed by atoms with van der Waals surface area (Å²) in [5.74, 6) is 0.0695. The van der Waals surface area contributed by atoms with Crippen LogP contribution in [0.4, 0.5) is 10.5 Å². The summed E-state index contributed by atoms with van der Waals surface area (Å²) >= 11 is 27.9. The number of carbonyl (C=O) groups is 2. The van der Waals surface area contributed by atoms with E-state index in [1.54, 1.807) is 30.3 Å². The Labute approximate surface area is 240 Å². The number of nitrogens with one attached hydrogen (secondary N) is 2. The number of rotatable bonds is 6. The Hall–Kier alpha value is -2.27. The number of carbonyl (C=O) groups excluding carboxylic acids is 2. The van der Waals surface area contributed by atoms with Crippen molar-refractivity contribution in [3.63, 3.8) is 0 Å². The highest BCUT2D eigenvalue weighted by Gasteiger charge is 2.34. The van der Waals surface area contributed by atoms with Crippen LogP contribution in [0.2, 0.25) is 15.1 Å². The average Bonchev–Trinajstić information content (AvgIpc) is 3.09. The Kier molecular flexibility index (Phi) is 8.82. The van der Waals surface area contributed by atoms with Crippen molar-refractivity contribution in [2.75, 3.05) is 5.32 Å². The molecule has 0 aromatic heterocycles. The van der Waals surface area contributed by atoms with Gasteiger partial charge in [-0.2, -0.15) is 5.01 Å². The van der Waals surface area contributed by atoms with E-state index in [9.17, 15) is 9.59 Å². The third-order valence-corrected chi connectivity index (χ3v) is 7.69. The van der Waals surface area contributed by atoms with E-state index in [2.05, 4.69) is 26.7 Å². The second kappa shape index (κ2) is 11.9. The number of hydrazine groups is 1. The fraction of sp³-hybridized carbons (Fsp3) is 0.0417. The second-order valence-electron chi connectivity index (χ2n) is 7.27. The van der Waals surface area contributed by atoms with Crippen LogP contribution in [0.15, 0.2) is 70.0 Å². The van der Waals surface area contributed by atoms with Crippen LogP contribution in [0.3, 0.4) is 0 Å². The zero-order valence-electron chi connectivity index (χ0n) is 18.1. The Morgan fingerprint density at radius 2 is 1.83 bits per heavy atom. The van der Waals surface area contributed by atoms with Crippen molar-refractivity contribution in [3.05, 3.63) is 96.2 Å². The summed E-state index contributed by atoms with van der Waals surface area (Å²) in [7, 11) is 0. The topological polar surface area (TPSA) is 70.7 Å². The van der Waals surface area contributed by atoms with E-state index in [4.69, 9.17) is 51.8 Å². The van der Waals surface area contributed by atoms with Gasteiger partial charge in [-0.05, 0) is 60.8 Å². The van der Waals surface area contributed by atoms with E-state index in [0.717, 1.165) is 26.8 Å². The number of benzene rings is 3. The zero-order valence-corrected chi connectivity index (χ0v) is 23.5. The molecule has 0 bridgehead atoms. The molecule has 3 aromatic rings. The first kappa shape index (κ1) is 26.8. The minimum Gasteiger partial charge on any atom is -0.488 e.